The van der Waals surface area contributed by atoms with Crippen molar-refractivity contribution in [2.75, 3.05) is 18.9 Å². The summed E-state index contributed by atoms with van der Waals surface area (Å²) in [5.74, 6) is 1.72. The lowest BCUT2D eigenvalue weighted by Crippen LogP contribution is -2.24. The second kappa shape index (κ2) is 5.85. The van der Waals surface area contributed by atoms with E-state index in [1.165, 1.54) is 6.42 Å². The minimum Gasteiger partial charge on any atom is -0.373 e. The number of hydrogen-bond acceptors (Lipinski definition) is 6. The van der Waals surface area contributed by atoms with Gasteiger partial charge < -0.3 is 5.32 Å². The molecule has 0 aromatic carbocycles. The van der Waals surface area contributed by atoms with Gasteiger partial charge in [0, 0.05) is 25.0 Å². The molecule has 0 bridgehead atoms. The van der Waals surface area contributed by atoms with Crippen LogP contribution in [0.5, 0.6) is 0 Å². The number of thiazole rings is 1. The normalized spacial score (nSPS) is 19.4. The Balaban J connectivity index is 1.82. The van der Waals surface area contributed by atoms with Gasteiger partial charge in [0.2, 0.25) is 0 Å². The standard InChI is InChI=1S/C14H19N5S/c1-10-17-12(6-14(15-2)18-10)13-4-3-5-19(13)7-11-8-20-9-16-11/h6,8-9,13H,3-5,7H2,1-2H3,(H,15,17,18). The van der Waals surface area contributed by atoms with Gasteiger partial charge in [-0.25, -0.2) is 15.0 Å². The molecule has 0 radical (unpaired) electrons. The van der Waals surface area contributed by atoms with Gasteiger partial charge in [-0.1, -0.05) is 0 Å². The molecule has 1 saturated heterocycles. The van der Waals surface area contributed by atoms with Crippen molar-refractivity contribution in [3.63, 3.8) is 0 Å². The van der Waals surface area contributed by atoms with E-state index in [2.05, 4.69) is 36.6 Å². The molecule has 20 heavy (non-hydrogen) atoms. The molecule has 1 atom stereocenters. The molecule has 106 valence electrons. The van der Waals surface area contributed by atoms with Crippen LogP contribution in [0.4, 0.5) is 5.82 Å². The first-order valence-corrected chi connectivity index (χ1v) is 7.85. The Bertz CT molecular complexity index is 569. The quantitative estimate of drug-likeness (QED) is 0.937. The maximum atomic E-state index is 4.63. The second-order valence-corrected chi connectivity index (χ2v) is 5.80. The van der Waals surface area contributed by atoms with Crippen LogP contribution in [-0.4, -0.2) is 33.4 Å². The van der Waals surface area contributed by atoms with Gasteiger partial charge in [0.05, 0.1) is 22.9 Å². The number of rotatable bonds is 4. The number of anilines is 1. The Kier molecular flexibility index (Phi) is 3.93. The zero-order valence-electron chi connectivity index (χ0n) is 11.8. The first kappa shape index (κ1) is 13.5. The van der Waals surface area contributed by atoms with E-state index in [0.717, 1.165) is 42.5 Å². The number of aromatic nitrogens is 3. The summed E-state index contributed by atoms with van der Waals surface area (Å²) in [5.41, 5.74) is 4.17. The number of hydrogen-bond donors (Lipinski definition) is 1. The monoisotopic (exact) mass is 289 g/mol. The van der Waals surface area contributed by atoms with Crippen molar-refractivity contribution in [1.29, 1.82) is 0 Å². The molecule has 1 aliphatic rings. The highest BCUT2D eigenvalue weighted by Gasteiger charge is 2.28. The number of likely N-dealkylation sites (tertiary alicyclic amines) is 1. The number of aryl methyl sites for hydroxylation is 1. The van der Waals surface area contributed by atoms with Crippen molar-refractivity contribution in [2.24, 2.45) is 0 Å². The zero-order chi connectivity index (χ0) is 13.9. The average Bonchev–Trinajstić information content (AvgIpc) is 3.10. The van der Waals surface area contributed by atoms with Crippen LogP contribution >= 0.6 is 11.3 Å². The molecule has 0 amide bonds. The van der Waals surface area contributed by atoms with E-state index in [0.29, 0.717) is 6.04 Å². The molecule has 2 aromatic rings. The first-order chi connectivity index (χ1) is 9.76. The number of nitrogens with zero attached hydrogens (tertiary/aromatic N) is 4. The Labute approximate surface area is 123 Å². The zero-order valence-corrected chi connectivity index (χ0v) is 12.7. The molecule has 1 fully saturated rings. The molecule has 6 heteroatoms. The predicted octanol–water partition coefficient (Wildman–Crippen LogP) is 2.62. The highest BCUT2D eigenvalue weighted by atomic mass is 32.1. The van der Waals surface area contributed by atoms with Gasteiger partial charge in [0.15, 0.2) is 0 Å². The third-order valence-corrected chi connectivity index (χ3v) is 4.30. The van der Waals surface area contributed by atoms with Gasteiger partial charge in [-0.15, -0.1) is 11.3 Å². The fraction of sp³-hybridized carbons (Fsp3) is 0.500. The SMILES string of the molecule is CNc1cc(C2CCCN2Cc2cscn2)nc(C)n1. The summed E-state index contributed by atoms with van der Waals surface area (Å²) in [6.07, 6.45) is 2.37. The summed E-state index contributed by atoms with van der Waals surface area (Å²) in [7, 11) is 1.90. The summed E-state index contributed by atoms with van der Waals surface area (Å²) in [4.78, 5) is 15.9. The molecule has 3 rings (SSSR count). The van der Waals surface area contributed by atoms with Crippen molar-refractivity contribution in [1.82, 2.24) is 19.9 Å². The molecular weight excluding hydrogens is 270 g/mol. The highest BCUT2D eigenvalue weighted by molar-refractivity contribution is 7.07. The molecule has 1 aliphatic heterocycles. The van der Waals surface area contributed by atoms with E-state index < -0.39 is 0 Å². The summed E-state index contributed by atoms with van der Waals surface area (Å²) in [6.45, 7) is 3.97. The fourth-order valence-electron chi connectivity index (χ4n) is 2.76. The molecule has 1 N–H and O–H groups in total. The molecule has 0 aliphatic carbocycles. The molecule has 1 unspecified atom stereocenters. The van der Waals surface area contributed by atoms with Crippen molar-refractivity contribution in [3.8, 4) is 0 Å². The van der Waals surface area contributed by atoms with Gasteiger partial charge in [-0.3, -0.25) is 4.90 Å². The molecule has 3 heterocycles. The maximum Gasteiger partial charge on any atom is 0.129 e. The van der Waals surface area contributed by atoms with E-state index in [9.17, 15) is 0 Å². The van der Waals surface area contributed by atoms with E-state index >= 15 is 0 Å². The van der Waals surface area contributed by atoms with E-state index in [4.69, 9.17) is 0 Å². The Hall–Kier alpha value is -1.53. The Morgan fingerprint density at radius 2 is 2.35 bits per heavy atom. The van der Waals surface area contributed by atoms with Gasteiger partial charge in [-0.05, 0) is 26.3 Å². The highest BCUT2D eigenvalue weighted by Crippen LogP contribution is 2.32. The lowest BCUT2D eigenvalue weighted by atomic mass is 10.1. The van der Waals surface area contributed by atoms with Gasteiger partial charge in [0.25, 0.3) is 0 Å². The molecule has 2 aromatic heterocycles. The fourth-order valence-corrected chi connectivity index (χ4v) is 3.31. The van der Waals surface area contributed by atoms with E-state index in [1.807, 2.05) is 19.5 Å². The molecule has 0 spiro atoms. The van der Waals surface area contributed by atoms with Crippen LogP contribution in [0, 0.1) is 6.92 Å². The topological polar surface area (TPSA) is 53.9 Å². The molecule has 0 saturated carbocycles. The van der Waals surface area contributed by atoms with Crippen LogP contribution in [-0.2, 0) is 6.54 Å². The van der Waals surface area contributed by atoms with Crippen molar-refractivity contribution < 1.29 is 0 Å². The maximum absolute atomic E-state index is 4.63. The lowest BCUT2D eigenvalue weighted by Gasteiger charge is -2.23. The largest absolute Gasteiger partial charge is 0.373 e. The van der Waals surface area contributed by atoms with Crippen LogP contribution in [0.25, 0.3) is 0 Å². The van der Waals surface area contributed by atoms with Gasteiger partial charge in [-0.2, -0.15) is 0 Å². The van der Waals surface area contributed by atoms with E-state index in [1.54, 1.807) is 11.3 Å². The summed E-state index contributed by atoms with van der Waals surface area (Å²) >= 11 is 1.66. The minimum absolute atomic E-state index is 0.380. The third kappa shape index (κ3) is 2.81. The van der Waals surface area contributed by atoms with Gasteiger partial charge >= 0.3 is 0 Å². The molecule has 5 nitrogen and oxygen atoms in total. The van der Waals surface area contributed by atoms with Crippen LogP contribution in [0.15, 0.2) is 17.0 Å². The Morgan fingerprint density at radius 1 is 1.45 bits per heavy atom. The summed E-state index contributed by atoms with van der Waals surface area (Å²) < 4.78 is 0. The average molecular weight is 289 g/mol. The van der Waals surface area contributed by atoms with Crippen LogP contribution in [0.2, 0.25) is 0 Å². The first-order valence-electron chi connectivity index (χ1n) is 6.90. The lowest BCUT2D eigenvalue weighted by molar-refractivity contribution is 0.241. The number of nitrogens with one attached hydrogen (secondary N) is 1. The minimum atomic E-state index is 0.380. The summed E-state index contributed by atoms with van der Waals surface area (Å²) in [5, 5.41) is 5.24. The molecular formula is C14H19N5S. The van der Waals surface area contributed by atoms with Crippen molar-refractivity contribution >= 4 is 17.2 Å². The predicted molar refractivity (Wildman–Crippen MR) is 80.8 cm³/mol. The Morgan fingerprint density at radius 3 is 3.10 bits per heavy atom. The van der Waals surface area contributed by atoms with Crippen molar-refractivity contribution in [3.05, 3.63) is 34.2 Å². The summed E-state index contributed by atoms with van der Waals surface area (Å²) in [6, 6.07) is 2.45. The van der Waals surface area contributed by atoms with Crippen LogP contribution in [0.1, 0.15) is 36.1 Å². The van der Waals surface area contributed by atoms with Crippen molar-refractivity contribution in [2.45, 2.75) is 32.4 Å². The van der Waals surface area contributed by atoms with Crippen LogP contribution < -0.4 is 5.32 Å². The van der Waals surface area contributed by atoms with E-state index in [-0.39, 0.29) is 0 Å². The van der Waals surface area contributed by atoms with Crippen LogP contribution in [0.3, 0.4) is 0 Å². The van der Waals surface area contributed by atoms with Gasteiger partial charge in [0.1, 0.15) is 11.6 Å². The second-order valence-electron chi connectivity index (χ2n) is 5.08. The third-order valence-electron chi connectivity index (χ3n) is 3.67. The smallest absolute Gasteiger partial charge is 0.129 e.